The molecule has 0 spiro atoms. The number of benzene rings is 1. The van der Waals surface area contributed by atoms with Crippen LogP contribution < -0.4 is 10.1 Å². The molecule has 0 aromatic heterocycles. The second-order valence-electron chi connectivity index (χ2n) is 8.86. The van der Waals surface area contributed by atoms with Gasteiger partial charge in [-0.2, -0.15) is 4.91 Å². The highest BCUT2D eigenvalue weighted by Gasteiger charge is 2.43. The zero-order valence-electron chi connectivity index (χ0n) is 19.7. The van der Waals surface area contributed by atoms with Crippen LogP contribution in [0.3, 0.4) is 0 Å². The highest BCUT2D eigenvalue weighted by molar-refractivity contribution is 5.84. The minimum atomic E-state index is -0.524. The number of hydrogen-bond donors (Lipinski definition) is 1. The summed E-state index contributed by atoms with van der Waals surface area (Å²) in [5.41, 5.74) is -0.463. The molecule has 1 aliphatic rings. The van der Waals surface area contributed by atoms with Gasteiger partial charge < -0.3 is 14.8 Å². The predicted octanol–water partition coefficient (Wildman–Crippen LogP) is 4.59. The number of Topliss-reactive ketones (excluding diaryl/α,β-unsaturated/α-hetero) is 1. The Morgan fingerprint density at radius 1 is 1.33 bits per heavy atom. The van der Waals surface area contributed by atoms with Gasteiger partial charge in [0.2, 0.25) is 0 Å². The molecule has 182 valence electrons. The van der Waals surface area contributed by atoms with Gasteiger partial charge in [0.25, 0.3) is 0 Å². The molecule has 1 fully saturated rings. The molecule has 1 saturated carbocycles. The topological polar surface area (TPSA) is 94.1 Å². The van der Waals surface area contributed by atoms with Crippen molar-refractivity contribution in [3.05, 3.63) is 47.1 Å². The van der Waals surface area contributed by atoms with Crippen molar-refractivity contribution >= 4 is 11.8 Å². The Bertz CT molecular complexity index is 831. The summed E-state index contributed by atoms with van der Waals surface area (Å²) in [6.45, 7) is 2.22. The van der Waals surface area contributed by atoms with Crippen LogP contribution in [0.2, 0.25) is 0 Å². The number of nitrogens with one attached hydrogen (secondary N) is 1. The molecule has 2 rings (SSSR count). The van der Waals surface area contributed by atoms with Gasteiger partial charge in [0.05, 0.1) is 7.11 Å². The molecule has 0 radical (unpaired) electrons. The lowest BCUT2D eigenvalue weighted by Gasteiger charge is -2.31. The monoisotopic (exact) mass is 462 g/mol. The summed E-state index contributed by atoms with van der Waals surface area (Å²) in [7, 11) is 3.18. The van der Waals surface area contributed by atoms with Crippen LogP contribution in [-0.2, 0) is 14.3 Å². The van der Waals surface area contributed by atoms with E-state index in [-0.39, 0.29) is 42.4 Å². The number of hydrogen-bond acceptors (Lipinski definition) is 7. The fourth-order valence-corrected chi connectivity index (χ4v) is 4.21. The molecule has 2 unspecified atom stereocenters. The van der Waals surface area contributed by atoms with Crippen molar-refractivity contribution in [1.29, 1.82) is 0 Å². The van der Waals surface area contributed by atoms with Crippen LogP contribution in [0, 0.1) is 22.6 Å². The van der Waals surface area contributed by atoms with Gasteiger partial charge in [-0.1, -0.05) is 29.5 Å². The standard InChI is InChI=1S/C25H35FN2O5/c1-25(27-2,17-33-23-12-9-8-11-20(23)26)15-14-18-19(22(29)16-21(18)28-31)10-6-4-5-7-13-24(30)32-3/h4,6,8-9,11-12,18-19,21,27H,5,7,10,13-17H2,1-3H3/t18-,19-,21?,25?/m1/s1. The molecule has 1 aliphatic carbocycles. The number of ether oxygens (including phenoxy) is 2. The Labute approximate surface area is 195 Å². The second kappa shape index (κ2) is 13.2. The number of carbonyl (C=O) groups is 2. The van der Waals surface area contributed by atoms with E-state index in [0.717, 1.165) is 6.42 Å². The number of nitroso groups, excluding NO2 is 1. The summed E-state index contributed by atoms with van der Waals surface area (Å²) in [5, 5.41) is 6.48. The van der Waals surface area contributed by atoms with Crippen LogP contribution in [0.15, 0.2) is 41.6 Å². The van der Waals surface area contributed by atoms with Gasteiger partial charge in [-0.3, -0.25) is 9.59 Å². The van der Waals surface area contributed by atoms with Crippen molar-refractivity contribution in [2.24, 2.45) is 17.0 Å². The van der Waals surface area contributed by atoms with E-state index in [0.29, 0.717) is 32.1 Å². The minimum Gasteiger partial charge on any atom is -0.489 e. The van der Waals surface area contributed by atoms with Crippen LogP contribution in [0.5, 0.6) is 5.75 Å². The molecule has 0 bridgehead atoms. The number of unbranched alkanes of at least 4 members (excludes halogenated alkanes) is 1. The van der Waals surface area contributed by atoms with E-state index in [2.05, 4.69) is 15.2 Å². The summed E-state index contributed by atoms with van der Waals surface area (Å²) in [5.74, 6) is -0.786. The first kappa shape index (κ1) is 26.6. The number of carbonyl (C=O) groups excluding carboxylic acids is 2. The van der Waals surface area contributed by atoms with Gasteiger partial charge in [0.15, 0.2) is 11.6 Å². The Kier molecular flexibility index (Phi) is 10.6. The third kappa shape index (κ3) is 8.03. The van der Waals surface area contributed by atoms with E-state index in [9.17, 15) is 18.9 Å². The summed E-state index contributed by atoms with van der Waals surface area (Å²) in [6, 6.07) is 5.73. The van der Waals surface area contributed by atoms with Crippen LogP contribution in [-0.4, -0.2) is 44.1 Å². The summed E-state index contributed by atoms with van der Waals surface area (Å²) in [4.78, 5) is 35.1. The number of ketones is 1. The highest BCUT2D eigenvalue weighted by Crippen LogP contribution is 2.38. The summed E-state index contributed by atoms with van der Waals surface area (Å²) in [6.07, 6.45) is 7.69. The molecule has 33 heavy (non-hydrogen) atoms. The number of methoxy groups -OCH3 is 1. The van der Waals surface area contributed by atoms with Crippen molar-refractivity contribution in [3.8, 4) is 5.75 Å². The second-order valence-corrected chi connectivity index (χ2v) is 8.86. The SMILES string of the molecule is CNC(C)(CC[C@H]1C(N=O)CC(=O)[C@@H]1CC=CCCCC(=O)OC)COc1ccccc1F. The van der Waals surface area contributed by atoms with Gasteiger partial charge in [-0.15, -0.1) is 0 Å². The zero-order chi connectivity index (χ0) is 24.3. The number of halogens is 1. The lowest BCUT2D eigenvalue weighted by atomic mass is 9.83. The molecule has 0 amide bonds. The summed E-state index contributed by atoms with van der Waals surface area (Å²) >= 11 is 0. The largest absolute Gasteiger partial charge is 0.489 e. The first-order valence-electron chi connectivity index (χ1n) is 11.5. The maximum Gasteiger partial charge on any atom is 0.305 e. The van der Waals surface area contributed by atoms with Crippen LogP contribution in [0.25, 0.3) is 0 Å². The Balaban J connectivity index is 1.93. The van der Waals surface area contributed by atoms with Gasteiger partial charge >= 0.3 is 5.97 Å². The van der Waals surface area contributed by atoms with E-state index in [1.807, 2.05) is 26.1 Å². The molecule has 0 saturated heterocycles. The predicted molar refractivity (Wildman–Crippen MR) is 124 cm³/mol. The lowest BCUT2D eigenvalue weighted by molar-refractivity contribution is -0.140. The fourth-order valence-electron chi connectivity index (χ4n) is 4.21. The average molecular weight is 463 g/mol. The zero-order valence-corrected chi connectivity index (χ0v) is 19.7. The fraction of sp³-hybridized carbons (Fsp3) is 0.600. The van der Waals surface area contributed by atoms with Crippen molar-refractivity contribution in [2.75, 3.05) is 20.8 Å². The number of likely N-dealkylation sites (N-methyl/N-ethyl adjacent to an activating group) is 1. The molecule has 1 aromatic carbocycles. The van der Waals surface area contributed by atoms with Crippen molar-refractivity contribution in [2.45, 2.75) is 63.5 Å². The minimum absolute atomic E-state index is 0.0672. The number of nitrogens with zero attached hydrogens (tertiary/aromatic N) is 1. The number of rotatable bonds is 14. The normalized spacial score (nSPS) is 22.3. The molecule has 1 aromatic rings. The quantitative estimate of drug-likeness (QED) is 0.188. The van der Waals surface area contributed by atoms with Crippen LogP contribution >= 0.6 is 0 Å². The third-order valence-electron chi connectivity index (χ3n) is 6.52. The first-order valence-corrected chi connectivity index (χ1v) is 11.5. The van der Waals surface area contributed by atoms with Crippen molar-refractivity contribution in [1.82, 2.24) is 5.32 Å². The van der Waals surface area contributed by atoms with E-state index in [4.69, 9.17) is 4.74 Å². The summed E-state index contributed by atoms with van der Waals surface area (Å²) < 4.78 is 24.2. The van der Waals surface area contributed by atoms with E-state index < -0.39 is 17.4 Å². The van der Waals surface area contributed by atoms with E-state index in [1.165, 1.54) is 13.2 Å². The van der Waals surface area contributed by atoms with Crippen LogP contribution in [0.1, 0.15) is 51.9 Å². The number of para-hydroxylation sites is 1. The molecule has 0 aliphatic heterocycles. The Hall–Kier alpha value is -2.61. The smallest absolute Gasteiger partial charge is 0.305 e. The van der Waals surface area contributed by atoms with Crippen LogP contribution in [0.4, 0.5) is 4.39 Å². The third-order valence-corrected chi connectivity index (χ3v) is 6.52. The Morgan fingerprint density at radius 2 is 2.09 bits per heavy atom. The number of allylic oxidation sites excluding steroid dienone is 2. The molecule has 4 atom stereocenters. The van der Waals surface area contributed by atoms with Gasteiger partial charge in [0, 0.05) is 24.3 Å². The molecule has 1 N–H and O–H groups in total. The van der Waals surface area contributed by atoms with E-state index in [1.54, 1.807) is 18.2 Å². The van der Waals surface area contributed by atoms with Gasteiger partial charge in [-0.25, -0.2) is 4.39 Å². The van der Waals surface area contributed by atoms with Gasteiger partial charge in [-0.05, 0) is 64.1 Å². The average Bonchev–Trinajstić information content (AvgIpc) is 3.13. The van der Waals surface area contributed by atoms with Crippen molar-refractivity contribution < 1.29 is 23.5 Å². The highest BCUT2D eigenvalue weighted by atomic mass is 19.1. The molecular weight excluding hydrogens is 427 g/mol. The first-order chi connectivity index (χ1) is 15.8. The maximum atomic E-state index is 13.9. The van der Waals surface area contributed by atoms with Gasteiger partial charge in [0.1, 0.15) is 18.4 Å². The van der Waals surface area contributed by atoms with E-state index >= 15 is 0 Å². The number of esters is 1. The maximum absolute atomic E-state index is 13.9. The molecule has 0 heterocycles. The molecular formula is C25H35FN2O5. The lowest BCUT2D eigenvalue weighted by Crippen LogP contribution is -2.46. The Morgan fingerprint density at radius 3 is 2.76 bits per heavy atom. The molecule has 7 nitrogen and oxygen atoms in total. The van der Waals surface area contributed by atoms with Crippen molar-refractivity contribution in [3.63, 3.8) is 0 Å². The molecule has 8 heteroatoms.